The fourth-order valence-corrected chi connectivity index (χ4v) is 3.94. The third kappa shape index (κ3) is 4.45. The molecule has 0 atom stereocenters. The van der Waals surface area contributed by atoms with Crippen molar-refractivity contribution in [3.63, 3.8) is 0 Å². The van der Waals surface area contributed by atoms with E-state index in [-0.39, 0.29) is 21.8 Å². The Bertz CT molecular complexity index is 1430. The number of amides is 1. The number of alkyl halides is 2. The van der Waals surface area contributed by atoms with E-state index < -0.39 is 28.0 Å². The molecule has 1 amide bonds. The van der Waals surface area contributed by atoms with Gasteiger partial charge in [0.1, 0.15) is 11.3 Å². The molecule has 0 aliphatic carbocycles. The summed E-state index contributed by atoms with van der Waals surface area (Å²) < 4.78 is 54.3. The molecule has 8 nitrogen and oxygen atoms in total. The fourth-order valence-electron chi connectivity index (χ4n) is 3.21. The third-order valence-corrected chi connectivity index (χ3v) is 6.44. The Balaban J connectivity index is 1.71. The van der Waals surface area contributed by atoms with Crippen molar-refractivity contribution in [3.8, 4) is 11.3 Å². The lowest BCUT2D eigenvalue weighted by atomic mass is 10.1. The van der Waals surface area contributed by atoms with Gasteiger partial charge in [-0.1, -0.05) is 29.8 Å². The van der Waals surface area contributed by atoms with Gasteiger partial charge in [-0.3, -0.25) is 4.79 Å². The Morgan fingerprint density at radius 2 is 1.73 bits per heavy atom. The van der Waals surface area contributed by atoms with Gasteiger partial charge in [0.25, 0.3) is 12.3 Å². The van der Waals surface area contributed by atoms with Crippen LogP contribution >= 0.6 is 0 Å². The monoisotopic (exact) mass is 471 g/mol. The molecule has 0 bridgehead atoms. The molecule has 2 N–H and O–H groups in total. The van der Waals surface area contributed by atoms with Gasteiger partial charge in [-0.2, -0.15) is 5.10 Å². The summed E-state index contributed by atoms with van der Waals surface area (Å²) in [6.45, 7) is 1.91. The maximum absolute atomic E-state index is 13.7. The molecule has 0 spiro atoms. The second-order valence-corrected chi connectivity index (χ2v) is 9.10. The molecule has 2 aromatic heterocycles. The van der Waals surface area contributed by atoms with Crippen LogP contribution in [-0.2, 0) is 10.0 Å². The van der Waals surface area contributed by atoms with Gasteiger partial charge in [0.2, 0.25) is 10.0 Å². The molecule has 33 heavy (non-hydrogen) atoms. The number of anilines is 1. The Hall–Kier alpha value is -3.70. The lowest BCUT2D eigenvalue weighted by Crippen LogP contribution is -2.18. The van der Waals surface area contributed by atoms with Gasteiger partial charge in [-0.05, 0) is 44.3 Å². The van der Waals surface area contributed by atoms with Crippen molar-refractivity contribution in [3.05, 3.63) is 77.6 Å². The van der Waals surface area contributed by atoms with Crippen molar-refractivity contribution in [2.45, 2.75) is 18.2 Å². The van der Waals surface area contributed by atoms with Gasteiger partial charge in [0.15, 0.2) is 5.65 Å². The minimum Gasteiger partial charge on any atom is -0.322 e. The number of aromatic nitrogens is 3. The number of hydrogen-bond donors (Lipinski definition) is 2. The summed E-state index contributed by atoms with van der Waals surface area (Å²) in [5.41, 5.74) is 1.82. The smallest absolute Gasteiger partial charge is 0.280 e. The first kappa shape index (κ1) is 22.5. The standard InChI is InChI=1S/C22H19F2N5O3S/c1-13-3-5-14(6-4-13)18-11-19(20(23)24)29-21(28-18)17(12-26-29)22(30)27-15-7-9-16(10-8-15)33(31,32)25-2/h3-12,20,25H,1-2H3,(H,27,30). The number of carbonyl (C=O) groups excluding carboxylic acids is 1. The van der Waals surface area contributed by atoms with Gasteiger partial charge in [-0.25, -0.2) is 31.4 Å². The fraction of sp³-hybridized carbons (Fsp3) is 0.136. The van der Waals surface area contributed by atoms with Crippen LogP contribution in [0.15, 0.2) is 65.7 Å². The molecule has 0 radical (unpaired) electrons. The van der Waals surface area contributed by atoms with E-state index in [0.29, 0.717) is 11.3 Å². The summed E-state index contributed by atoms with van der Waals surface area (Å²) in [6, 6.07) is 14.0. The second-order valence-electron chi connectivity index (χ2n) is 7.21. The normalized spacial score (nSPS) is 11.8. The summed E-state index contributed by atoms with van der Waals surface area (Å²) in [7, 11) is -2.33. The van der Waals surface area contributed by atoms with Crippen LogP contribution in [0.2, 0.25) is 0 Å². The predicted octanol–water partition coefficient (Wildman–Crippen LogP) is 3.80. The van der Waals surface area contributed by atoms with Crippen LogP contribution in [0.4, 0.5) is 14.5 Å². The van der Waals surface area contributed by atoms with E-state index in [1.807, 2.05) is 19.1 Å². The van der Waals surface area contributed by atoms with Crippen LogP contribution in [0.1, 0.15) is 28.0 Å². The average Bonchev–Trinajstić information content (AvgIpc) is 3.23. The number of nitrogens with one attached hydrogen (secondary N) is 2. The van der Waals surface area contributed by atoms with Crippen LogP contribution in [0.5, 0.6) is 0 Å². The topological polar surface area (TPSA) is 105 Å². The molecule has 0 saturated heterocycles. The van der Waals surface area contributed by atoms with E-state index >= 15 is 0 Å². The Labute approximate surface area is 188 Å². The predicted molar refractivity (Wildman–Crippen MR) is 119 cm³/mol. The zero-order chi connectivity index (χ0) is 23.8. The molecule has 4 rings (SSSR count). The van der Waals surface area contributed by atoms with Crippen molar-refractivity contribution in [2.75, 3.05) is 12.4 Å². The number of hydrogen-bond acceptors (Lipinski definition) is 5. The quantitative estimate of drug-likeness (QED) is 0.445. The molecule has 170 valence electrons. The zero-order valence-electron chi connectivity index (χ0n) is 17.6. The molecule has 2 aromatic carbocycles. The first-order valence-corrected chi connectivity index (χ1v) is 11.3. The minimum atomic E-state index is -3.62. The summed E-state index contributed by atoms with van der Waals surface area (Å²) in [6.07, 6.45) is -1.67. The first-order chi connectivity index (χ1) is 15.7. The Morgan fingerprint density at radius 3 is 2.33 bits per heavy atom. The number of nitrogens with zero attached hydrogens (tertiary/aromatic N) is 3. The molecule has 4 aromatic rings. The lowest BCUT2D eigenvalue weighted by molar-refractivity contribution is 0.102. The molecular weight excluding hydrogens is 452 g/mol. The van der Waals surface area contributed by atoms with Crippen LogP contribution in [0.25, 0.3) is 16.9 Å². The highest BCUT2D eigenvalue weighted by atomic mass is 32.2. The first-order valence-electron chi connectivity index (χ1n) is 9.78. The number of benzene rings is 2. The molecule has 0 saturated carbocycles. The van der Waals surface area contributed by atoms with Crippen LogP contribution in [0, 0.1) is 6.92 Å². The van der Waals surface area contributed by atoms with Gasteiger partial charge >= 0.3 is 0 Å². The number of rotatable bonds is 6. The van der Waals surface area contributed by atoms with Crippen molar-refractivity contribution in [2.24, 2.45) is 0 Å². The zero-order valence-corrected chi connectivity index (χ0v) is 18.4. The second kappa shape index (κ2) is 8.68. The van der Waals surface area contributed by atoms with E-state index in [0.717, 1.165) is 10.1 Å². The highest BCUT2D eigenvalue weighted by Crippen LogP contribution is 2.27. The lowest BCUT2D eigenvalue weighted by Gasteiger charge is -2.09. The number of carbonyl (C=O) groups is 1. The average molecular weight is 471 g/mol. The third-order valence-electron chi connectivity index (χ3n) is 5.01. The van der Waals surface area contributed by atoms with Crippen LogP contribution in [-0.4, -0.2) is 36.0 Å². The minimum absolute atomic E-state index is 0.00205. The largest absolute Gasteiger partial charge is 0.322 e. The summed E-state index contributed by atoms with van der Waals surface area (Å²) in [5.74, 6) is -0.622. The van der Waals surface area contributed by atoms with Gasteiger partial charge < -0.3 is 5.32 Å². The van der Waals surface area contributed by atoms with E-state index in [4.69, 9.17) is 0 Å². The highest BCUT2D eigenvalue weighted by molar-refractivity contribution is 7.89. The number of sulfonamides is 1. The van der Waals surface area contributed by atoms with E-state index in [1.165, 1.54) is 43.6 Å². The summed E-state index contributed by atoms with van der Waals surface area (Å²) in [4.78, 5) is 17.3. The number of fused-ring (bicyclic) bond motifs is 1. The molecule has 0 unspecified atom stereocenters. The molecule has 2 heterocycles. The van der Waals surface area contributed by atoms with E-state index in [1.54, 1.807) is 12.1 Å². The molecule has 11 heteroatoms. The van der Waals surface area contributed by atoms with Crippen molar-refractivity contribution < 1.29 is 22.0 Å². The van der Waals surface area contributed by atoms with Gasteiger partial charge in [-0.15, -0.1) is 0 Å². The van der Waals surface area contributed by atoms with Gasteiger partial charge in [0, 0.05) is 11.3 Å². The Morgan fingerprint density at radius 1 is 1.06 bits per heavy atom. The maximum Gasteiger partial charge on any atom is 0.280 e. The number of halogens is 2. The van der Waals surface area contributed by atoms with E-state index in [2.05, 4.69) is 20.1 Å². The van der Waals surface area contributed by atoms with Crippen LogP contribution in [0.3, 0.4) is 0 Å². The molecule has 0 aliphatic rings. The Kier molecular flexibility index (Phi) is 5.91. The highest BCUT2D eigenvalue weighted by Gasteiger charge is 2.22. The maximum atomic E-state index is 13.7. The van der Waals surface area contributed by atoms with Crippen molar-refractivity contribution in [1.82, 2.24) is 19.3 Å². The van der Waals surface area contributed by atoms with Crippen molar-refractivity contribution in [1.29, 1.82) is 0 Å². The summed E-state index contributed by atoms with van der Waals surface area (Å²) in [5, 5.41) is 6.55. The molecule has 0 aliphatic heterocycles. The van der Waals surface area contributed by atoms with Crippen molar-refractivity contribution >= 4 is 27.3 Å². The SMILES string of the molecule is CNS(=O)(=O)c1ccc(NC(=O)c2cnn3c(C(F)F)cc(-c4ccc(C)cc4)nc23)cc1. The van der Waals surface area contributed by atoms with Gasteiger partial charge in [0.05, 0.1) is 16.8 Å². The van der Waals surface area contributed by atoms with E-state index in [9.17, 15) is 22.0 Å². The molecular formula is C22H19F2N5O3S. The number of aryl methyl sites for hydroxylation is 1. The molecule has 0 fully saturated rings. The summed E-state index contributed by atoms with van der Waals surface area (Å²) >= 11 is 0. The van der Waals surface area contributed by atoms with Crippen LogP contribution < -0.4 is 10.0 Å².